The van der Waals surface area contributed by atoms with Gasteiger partial charge < -0.3 is 20.0 Å². The lowest BCUT2D eigenvalue weighted by Gasteiger charge is -2.23. The van der Waals surface area contributed by atoms with Crippen LogP contribution in [0.25, 0.3) is 44.3 Å². The lowest BCUT2D eigenvalue weighted by molar-refractivity contribution is 0.160. The molecule has 0 spiro atoms. The van der Waals surface area contributed by atoms with Crippen LogP contribution in [0.15, 0.2) is 61.3 Å². The van der Waals surface area contributed by atoms with Gasteiger partial charge in [-0.05, 0) is 49.2 Å². The smallest absolute Gasteiger partial charge is 0.233 e. The van der Waals surface area contributed by atoms with Crippen LogP contribution in [0.2, 0.25) is 0 Å². The minimum atomic E-state index is 0.142. The Morgan fingerprint density at radius 2 is 2.00 bits per heavy atom. The van der Waals surface area contributed by atoms with Crippen LogP contribution < -0.4 is 10.1 Å². The number of hydrogen-bond acceptors (Lipinski definition) is 5. The summed E-state index contributed by atoms with van der Waals surface area (Å²) in [7, 11) is 0. The van der Waals surface area contributed by atoms with Gasteiger partial charge in [-0.3, -0.25) is 4.98 Å². The van der Waals surface area contributed by atoms with Gasteiger partial charge in [0.25, 0.3) is 0 Å². The number of aromatic nitrogens is 5. The molecule has 0 radical (unpaired) electrons. The van der Waals surface area contributed by atoms with Gasteiger partial charge in [-0.15, -0.1) is 0 Å². The summed E-state index contributed by atoms with van der Waals surface area (Å²) in [6.07, 6.45) is 11.6. The molecule has 0 bridgehead atoms. The molecule has 1 fully saturated rings. The van der Waals surface area contributed by atoms with Gasteiger partial charge in [-0.2, -0.15) is 0 Å². The molecule has 1 aromatic carbocycles. The van der Waals surface area contributed by atoms with E-state index in [1.807, 2.05) is 24.7 Å². The molecule has 0 aliphatic carbocycles. The predicted octanol–water partition coefficient (Wildman–Crippen LogP) is 4.30. The highest BCUT2D eigenvalue weighted by Gasteiger charge is 2.16. The third kappa shape index (κ3) is 3.43. The number of rotatable bonds is 4. The lowest BCUT2D eigenvalue weighted by atomic mass is 10.0. The van der Waals surface area contributed by atoms with Crippen molar-refractivity contribution in [2.75, 3.05) is 13.1 Å². The van der Waals surface area contributed by atoms with Crippen LogP contribution in [0.4, 0.5) is 0 Å². The Balaban J connectivity index is 1.36. The summed E-state index contributed by atoms with van der Waals surface area (Å²) in [5.74, 6) is 0.568. The number of nitrogens with zero attached hydrogens (tertiary/aromatic N) is 3. The van der Waals surface area contributed by atoms with Crippen molar-refractivity contribution in [1.82, 2.24) is 30.2 Å². The number of hydrogen-bond donors (Lipinski definition) is 3. The van der Waals surface area contributed by atoms with Crippen molar-refractivity contribution < 1.29 is 4.74 Å². The van der Waals surface area contributed by atoms with Crippen molar-refractivity contribution in [2.45, 2.75) is 18.9 Å². The normalized spacial score (nSPS) is 16.7. The second kappa shape index (κ2) is 7.52. The average Bonchev–Trinajstić information content (AvgIpc) is 3.46. The fourth-order valence-corrected chi connectivity index (χ4v) is 4.24. The van der Waals surface area contributed by atoms with E-state index in [2.05, 4.69) is 49.5 Å². The number of pyridine rings is 1. The summed E-state index contributed by atoms with van der Waals surface area (Å²) in [5, 5.41) is 5.56. The first-order valence-electron chi connectivity index (χ1n) is 10.6. The Morgan fingerprint density at radius 1 is 1.00 bits per heavy atom. The van der Waals surface area contributed by atoms with Crippen LogP contribution in [0, 0.1) is 0 Å². The number of nitrogens with one attached hydrogen (secondary N) is 3. The zero-order valence-corrected chi connectivity index (χ0v) is 16.9. The minimum Gasteiger partial charge on any atom is -0.472 e. The molecular formula is C24H22N6O. The van der Waals surface area contributed by atoms with Gasteiger partial charge in [0, 0.05) is 52.6 Å². The maximum Gasteiger partial charge on any atom is 0.233 e. The summed E-state index contributed by atoms with van der Waals surface area (Å²) in [5.41, 5.74) is 5.94. The first kappa shape index (κ1) is 18.1. The van der Waals surface area contributed by atoms with E-state index in [0.29, 0.717) is 5.88 Å². The topological polar surface area (TPSA) is 91.5 Å². The standard InChI is InChI=1S/C24H22N6O/c1-2-18(11-25-6-1)31-23-14-26-13-22(30-23)20-12-28-21-4-3-15(9-19(20)21)17-8-16-5-7-27-24(16)29-10-17/h3-5,7-10,12-14,18,25,28H,1-2,6,11H2,(H,27,29)/t18-/m1/s1. The van der Waals surface area contributed by atoms with Gasteiger partial charge >= 0.3 is 0 Å². The zero-order valence-electron chi connectivity index (χ0n) is 16.9. The molecule has 6 rings (SSSR count). The molecule has 5 aromatic rings. The summed E-state index contributed by atoms with van der Waals surface area (Å²) in [4.78, 5) is 20.2. The molecular weight excluding hydrogens is 388 g/mol. The molecule has 0 amide bonds. The fraction of sp³-hybridized carbons (Fsp3) is 0.208. The highest BCUT2D eigenvalue weighted by atomic mass is 16.5. The molecule has 7 nitrogen and oxygen atoms in total. The van der Waals surface area contributed by atoms with Crippen molar-refractivity contribution >= 4 is 21.9 Å². The molecule has 3 N–H and O–H groups in total. The van der Waals surface area contributed by atoms with Crippen LogP contribution in [-0.4, -0.2) is 44.1 Å². The van der Waals surface area contributed by atoms with Gasteiger partial charge in [-0.25, -0.2) is 9.97 Å². The van der Waals surface area contributed by atoms with E-state index in [0.717, 1.165) is 70.3 Å². The maximum atomic E-state index is 6.07. The van der Waals surface area contributed by atoms with E-state index in [1.165, 1.54) is 0 Å². The van der Waals surface area contributed by atoms with Crippen LogP contribution in [0.5, 0.6) is 5.88 Å². The van der Waals surface area contributed by atoms with Crippen molar-refractivity contribution in [2.24, 2.45) is 0 Å². The Hall–Kier alpha value is -3.71. The molecule has 4 aromatic heterocycles. The Labute approximate surface area is 178 Å². The maximum absolute atomic E-state index is 6.07. The molecule has 1 aliphatic heterocycles. The Kier molecular flexibility index (Phi) is 4.39. The third-order valence-corrected chi connectivity index (χ3v) is 5.84. The van der Waals surface area contributed by atoms with Crippen molar-refractivity contribution in [1.29, 1.82) is 0 Å². The molecule has 1 atom stereocenters. The van der Waals surface area contributed by atoms with Crippen LogP contribution >= 0.6 is 0 Å². The number of ether oxygens (including phenoxy) is 1. The molecule has 31 heavy (non-hydrogen) atoms. The average molecular weight is 410 g/mol. The second-order valence-corrected chi connectivity index (χ2v) is 7.93. The van der Waals surface area contributed by atoms with Gasteiger partial charge in [-0.1, -0.05) is 6.07 Å². The number of piperidine rings is 1. The molecule has 7 heteroatoms. The predicted molar refractivity (Wildman–Crippen MR) is 121 cm³/mol. The summed E-state index contributed by atoms with van der Waals surface area (Å²) < 4.78 is 6.07. The van der Waals surface area contributed by atoms with Crippen molar-refractivity contribution in [3.63, 3.8) is 0 Å². The van der Waals surface area contributed by atoms with Gasteiger partial charge in [0.2, 0.25) is 5.88 Å². The first-order valence-corrected chi connectivity index (χ1v) is 10.6. The fourth-order valence-electron chi connectivity index (χ4n) is 4.24. The van der Waals surface area contributed by atoms with Crippen molar-refractivity contribution in [3.05, 3.63) is 61.3 Å². The van der Waals surface area contributed by atoms with Gasteiger partial charge in [0.1, 0.15) is 11.8 Å². The van der Waals surface area contributed by atoms with E-state index in [4.69, 9.17) is 9.72 Å². The first-order chi connectivity index (χ1) is 15.3. The lowest BCUT2D eigenvalue weighted by Crippen LogP contribution is -2.37. The largest absolute Gasteiger partial charge is 0.472 e. The molecule has 0 unspecified atom stereocenters. The summed E-state index contributed by atoms with van der Waals surface area (Å²) >= 11 is 0. The second-order valence-electron chi connectivity index (χ2n) is 7.93. The van der Waals surface area contributed by atoms with E-state index in [9.17, 15) is 0 Å². The number of H-pyrrole nitrogens is 2. The van der Waals surface area contributed by atoms with E-state index < -0.39 is 0 Å². The number of fused-ring (bicyclic) bond motifs is 2. The van der Waals surface area contributed by atoms with Gasteiger partial charge in [0.05, 0.1) is 18.1 Å². The highest BCUT2D eigenvalue weighted by Crippen LogP contribution is 2.32. The number of aromatic amines is 2. The van der Waals surface area contributed by atoms with Crippen molar-refractivity contribution in [3.8, 4) is 28.3 Å². The van der Waals surface area contributed by atoms with Crippen LogP contribution in [0.1, 0.15) is 12.8 Å². The van der Waals surface area contributed by atoms with E-state index in [1.54, 1.807) is 12.4 Å². The van der Waals surface area contributed by atoms with Gasteiger partial charge in [0.15, 0.2) is 0 Å². The Bertz CT molecular complexity index is 1370. The zero-order chi connectivity index (χ0) is 20.6. The number of benzene rings is 1. The Morgan fingerprint density at radius 3 is 2.94 bits per heavy atom. The van der Waals surface area contributed by atoms with Crippen LogP contribution in [0.3, 0.4) is 0 Å². The molecule has 1 saturated heterocycles. The summed E-state index contributed by atoms with van der Waals surface area (Å²) in [6.45, 7) is 1.90. The molecule has 1 aliphatic rings. The molecule has 5 heterocycles. The van der Waals surface area contributed by atoms with E-state index in [-0.39, 0.29) is 6.10 Å². The quantitative estimate of drug-likeness (QED) is 0.411. The third-order valence-electron chi connectivity index (χ3n) is 5.84. The minimum absolute atomic E-state index is 0.142. The van der Waals surface area contributed by atoms with E-state index >= 15 is 0 Å². The molecule has 0 saturated carbocycles. The highest BCUT2D eigenvalue weighted by molar-refractivity contribution is 5.97. The van der Waals surface area contributed by atoms with Crippen LogP contribution in [-0.2, 0) is 0 Å². The SMILES string of the molecule is c1cc2cc(-c3ccc4[nH]cc(-c5cncc(O[C@@H]6CCCNC6)n5)c4c3)cnc2[nH]1. The summed E-state index contributed by atoms with van der Waals surface area (Å²) in [6, 6.07) is 10.6. The molecule has 154 valence electrons. The monoisotopic (exact) mass is 410 g/mol.